The molecule has 0 radical (unpaired) electrons. The molecular formula is C15H15NO7S. The van der Waals surface area contributed by atoms with Crippen molar-refractivity contribution in [1.82, 2.24) is 5.06 Å². The zero-order chi connectivity index (χ0) is 17.5. The van der Waals surface area contributed by atoms with E-state index in [1.165, 1.54) is 12.1 Å². The molecule has 0 spiro atoms. The highest BCUT2D eigenvalue weighted by Gasteiger charge is 2.53. The number of nitrogens with zero attached hydrogens (tertiary/aromatic N) is 1. The second-order valence-corrected chi connectivity index (χ2v) is 8.03. The quantitative estimate of drug-likeness (QED) is 0.721. The Kier molecular flexibility index (Phi) is 3.92. The lowest BCUT2D eigenvalue weighted by Gasteiger charge is -2.33. The molecule has 1 fully saturated rings. The second kappa shape index (κ2) is 5.67. The lowest BCUT2D eigenvalue weighted by atomic mass is 9.99. The number of amides is 2. The van der Waals surface area contributed by atoms with E-state index in [0.717, 1.165) is 6.26 Å². The van der Waals surface area contributed by atoms with Crippen molar-refractivity contribution in [2.75, 3.05) is 19.5 Å². The predicted molar refractivity (Wildman–Crippen MR) is 80.7 cm³/mol. The average molecular weight is 353 g/mol. The molecule has 9 heteroatoms. The zero-order valence-corrected chi connectivity index (χ0v) is 13.7. The van der Waals surface area contributed by atoms with E-state index in [1.807, 2.05) is 0 Å². The van der Waals surface area contributed by atoms with Gasteiger partial charge in [0, 0.05) is 32.3 Å². The van der Waals surface area contributed by atoms with Crippen molar-refractivity contribution in [1.29, 1.82) is 0 Å². The van der Waals surface area contributed by atoms with Gasteiger partial charge < -0.3 is 9.57 Å². The van der Waals surface area contributed by atoms with Crippen LogP contribution in [0.4, 0.5) is 0 Å². The molecule has 0 N–H and O–H groups in total. The van der Waals surface area contributed by atoms with E-state index in [4.69, 9.17) is 9.57 Å². The van der Waals surface area contributed by atoms with Gasteiger partial charge in [-0.3, -0.25) is 9.59 Å². The van der Waals surface area contributed by atoms with Gasteiger partial charge in [0.25, 0.3) is 11.8 Å². The summed E-state index contributed by atoms with van der Waals surface area (Å²) in [6.45, 7) is 0.147. The van der Waals surface area contributed by atoms with E-state index in [2.05, 4.69) is 0 Å². The lowest BCUT2D eigenvalue weighted by molar-refractivity contribution is -0.174. The zero-order valence-electron chi connectivity index (χ0n) is 12.9. The van der Waals surface area contributed by atoms with Crippen LogP contribution in [-0.2, 0) is 24.2 Å². The van der Waals surface area contributed by atoms with Crippen LogP contribution in [0.15, 0.2) is 24.3 Å². The van der Waals surface area contributed by atoms with Gasteiger partial charge in [-0.2, -0.15) is 0 Å². The number of imide groups is 1. The Labute approximate surface area is 138 Å². The molecule has 2 aliphatic rings. The first kappa shape index (κ1) is 16.6. The third-order valence-corrected chi connectivity index (χ3v) is 6.31. The molecule has 3 rings (SSSR count). The summed E-state index contributed by atoms with van der Waals surface area (Å²) in [6, 6.07) is 6.02. The Morgan fingerprint density at radius 3 is 2.08 bits per heavy atom. The van der Waals surface area contributed by atoms with Gasteiger partial charge in [-0.05, 0) is 12.1 Å². The van der Waals surface area contributed by atoms with Crippen LogP contribution in [0.5, 0.6) is 0 Å². The van der Waals surface area contributed by atoms with Gasteiger partial charge in [-0.15, -0.1) is 0 Å². The van der Waals surface area contributed by atoms with Crippen LogP contribution in [0.1, 0.15) is 33.6 Å². The topological polar surface area (TPSA) is 107 Å². The Bertz CT molecular complexity index is 789. The normalized spacial score (nSPS) is 20.0. The number of benzene rings is 1. The van der Waals surface area contributed by atoms with Crippen molar-refractivity contribution in [3.8, 4) is 0 Å². The Hall–Kier alpha value is -2.26. The first-order valence-electron chi connectivity index (χ1n) is 7.25. The molecule has 8 nitrogen and oxygen atoms in total. The fourth-order valence-electron chi connectivity index (χ4n) is 2.84. The minimum Gasteiger partial charge on any atom is -0.381 e. The van der Waals surface area contributed by atoms with Crippen molar-refractivity contribution in [3.05, 3.63) is 35.4 Å². The van der Waals surface area contributed by atoms with Crippen LogP contribution in [-0.4, -0.2) is 55.5 Å². The monoisotopic (exact) mass is 353 g/mol. The minimum absolute atomic E-state index is 0.0737. The van der Waals surface area contributed by atoms with Gasteiger partial charge in [0.15, 0.2) is 14.6 Å². The Morgan fingerprint density at radius 1 is 1.12 bits per heavy atom. The Morgan fingerprint density at radius 2 is 1.62 bits per heavy atom. The third-order valence-electron chi connectivity index (χ3n) is 4.31. The van der Waals surface area contributed by atoms with Gasteiger partial charge in [0.05, 0.1) is 11.1 Å². The molecule has 2 amide bonds. The molecule has 1 aromatic carbocycles. The van der Waals surface area contributed by atoms with Gasteiger partial charge >= 0.3 is 5.97 Å². The molecule has 0 unspecified atom stereocenters. The standard InChI is InChI=1S/C15H15NO7S/c1-24(20,21)15(6-8-22-9-7-15)14(19)23-16-12(17)10-4-2-3-5-11(10)13(16)18/h2-5H,6-9H2,1H3. The predicted octanol–water partition coefficient (Wildman–Crippen LogP) is 0.335. The molecular weight excluding hydrogens is 338 g/mol. The van der Waals surface area contributed by atoms with Crippen molar-refractivity contribution < 1.29 is 32.4 Å². The fourth-order valence-corrected chi connectivity index (χ4v) is 4.09. The highest BCUT2D eigenvalue weighted by atomic mass is 32.2. The van der Waals surface area contributed by atoms with E-state index < -0.39 is 32.4 Å². The van der Waals surface area contributed by atoms with Crippen LogP contribution in [0.2, 0.25) is 0 Å². The fraction of sp³-hybridized carbons (Fsp3) is 0.400. The molecule has 128 valence electrons. The SMILES string of the molecule is CS(=O)(=O)C1(C(=O)ON2C(=O)c3ccccc3C2=O)CCOCC1. The summed E-state index contributed by atoms with van der Waals surface area (Å²) in [7, 11) is -3.83. The maximum absolute atomic E-state index is 12.6. The number of hydroxylamine groups is 2. The molecule has 0 aromatic heterocycles. The second-order valence-electron chi connectivity index (χ2n) is 5.71. The van der Waals surface area contributed by atoms with Crippen LogP contribution < -0.4 is 0 Å². The summed E-state index contributed by atoms with van der Waals surface area (Å²) in [5, 5.41) is 0.329. The summed E-state index contributed by atoms with van der Waals surface area (Å²) < 4.78 is 27.6. The van der Waals surface area contributed by atoms with Crippen molar-refractivity contribution in [3.63, 3.8) is 0 Å². The highest BCUT2D eigenvalue weighted by molar-refractivity contribution is 7.92. The number of carbonyl (C=O) groups excluding carboxylic acids is 3. The van der Waals surface area contributed by atoms with Crippen LogP contribution in [0.3, 0.4) is 0 Å². The maximum atomic E-state index is 12.6. The number of ether oxygens (including phenoxy) is 1. The molecule has 2 aliphatic heterocycles. The largest absolute Gasteiger partial charge is 0.381 e. The maximum Gasteiger partial charge on any atom is 0.354 e. The number of sulfone groups is 1. The molecule has 0 bridgehead atoms. The Balaban J connectivity index is 1.90. The molecule has 1 saturated heterocycles. The lowest BCUT2D eigenvalue weighted by Crippen LogP contribution is -2.53. The van der Waals surface area contributed by atoms with Crippen LogP contribution in [0.25, 0.3) is 0 Å². The van der Waals surface area contributed by atoms with Gasteiger partial charge in [0.1, 0.15) is 0 Å². The van der Waals surface area contributed by atoms with E-state index in [1.54, 1.807) is 12.1 Å². The molecule has 24 heavy (non-hydrogen) atoms. The van der Waals surface area contributed by atoms with E-state index in [-0.39, 0.29) is 37.2 Å². The van der Waals surface area contributed by atoms with Crippen molar-refractivity contribution in [2.24, 2.45) is 0 Å². The summed E-state index contributed by atoms with van der Waals surface area (Å²) in [5.74, 6) is -2.72. The third kappa shape index (κ3) is 2.40. The molecule has 1 aromatic rings. The first-order chi connectivity index (χ1) is 11.3. The smallest absolute Gasteiger partial charge is 0.354 e. The van der Waals surface area contributed by atoms with Crippen LogP contribution >= 0.6 is 0 Å². The first-order valence-corrected chi connectivity index (χ1v) is 9.15. The number of carbonyl (C=O) groups is 3. The van der Waals surface area contributed by atoms with Gasteiger partial charge in [-0.25, -0.2) is 13.2 Å². The van der Waals surface area contributed by atoms with Gasteiger partial charge in [0.2, 0.25) is 0 Å². The number of hydrogen-bond acceptors (Lipinski definition) is 7. The van der Waals surface area contributed by atoms with Crippen molar-refractivity contribution in [2.45, 2.75) is 17.6 Å². The molecule has 0 atom stereocenters. The molecule has 0 saturated carbocycles. The highest BCUT2D eigenvalue weighted by Crippen LogP contribution is 2.32. The minimum atomic E-state index is -3.83. The van der Waals surface area contributed by atoms with E-state index in [0.29, 0.717) is 5.06 Å². The number of rotatable bonds is 3. The van der Waals surface area contributed by atoms with Crippen LogP contribution in [0, 0.1) is 0 Å². The van der Waals surface area contributed by atoms with E-state index >= 15 is 0 Å². The summed E-state index contributed by atoms with van der Waals surface area (Å²) in [5.41, 5.74) is 0.214. The molecule has 0 aliphatic carbocycles. The number of hydrogen-bond donors (Lipinski definition) is 0. The van der Waals surface area contributed by atoms with Crippen molar-refractivity contribution >= 4 is 27.6 Å². The number of fused-ring (bicyclic) bond motifs is 1. The summed E-state index contributed by atoms with van der Waals surface area (Å²) in [4.78, 5) is 42.0. The summed E-state index contributed by atoms with van der Waals surface area (Å²) >= 11 is 0. The summed E-state index contributed by atoms with van der Waals surface area (Å²) in [6.07, 6.45) is 0.754. The average Bonchev–Trinajstić information content (AvgIpc) is 2.80. The van der Waals surface area contributed by atoms with E-state index in [9.17, 15) is 22.8 Å². The van der Waals surface area contributed by atoms with Gasteiger partial charge in [-0.1, -0.05) is 17.2 Å². The molecule has 2 heterocycles.